The Bertz CT molecular complexity index is 1430. The van der Waals surface area contributed by atoms with E-state index in [2.05, 4.69) is 30.8 Å². The zero-order valence-electron chi connectivity index (χ0n) is 22.7. The second-order valence-corrected chi connectivity index (χ2v) is 9.32. The predicted octanol–water partition coefficient (Wildman–Crippen LogP) is 1.85. The molecule has 3 N–H and O–H groups in total. The Kier molecular flexibility index (Phi) is 8.71. The molecule has 0 unspecified atom stereocenters. The summed E-state index contributed by atoms with van der Waals surface area (Å²) in [6.45, 7) is 8.50. The average Bonchev–Trinajstić information content (AvgIpc) is 3.47. The van der Waals surface area contributed by atoms with Gasteiger partial charge in [0, 0.05) is 50.9 Å². The van der Waals surface area contributed by atoms with E-state index in [-0.39, 0.29) is 17.2 Å². The van der Waals surface area contributed by atoms with Crippen molar-refractivity contribution in [1.29, 1.82) is 0 Å². The van der Waals surface area contributed by atoms with E-state index < -0.39 is 5.91 Å². The van der Waals surface area contributed by atoms with Crippen LogP contribution in [-0.2, 0) is 11.3 Å². The van der Waals surface area contributed by atoms with Crippen LogP contribution in [0.2, 0.25) is 0 Å². The number of morpholine rings is 1. The largest absolute Gasteiger partial charge is 0.491 e. The summed E-state index contributed by atoms with van der Waals surface area (Å²) in [5.74, 6) is 1.72. The van der Waals surface area contributed by atoms with Crippen LogP contribution in [0.4, 0.5) is 16.4 Å². The summed E-state index contributed by atoms with van der Waals surface area (Å²) in [5, 5.41) is 9.45. The number of nitrogens with one attached hydrogen (secondary N) is 3. The van der Waals surface area contributed by atoms with Crippen LogP contribution in [0.1, 0.15) is 23.7 Å². The number of ether oxygens (including phenoxy) is 3. The van der Waals surface area contributed by atoms with E-state index >= 15 is 0 Å². The van der Waals surface area contributed by atoms with E-state index in [4.69, 9.17) is 19.2 Å². The van der Waals surface area contributed by atoms with Gasteiger partial charge in [-0.2, -0.15) is 4.99 Å². The van der Waals surface area contributed by atoms with Crippen molar-refractivity contribution >= 4 is 34.5 Å². The molecule has 3 aromatic rings. The second-order valence-electron chi connectivity index (χ2n) is 9.32. The van der Waals surface area contributed by atoms with Crippen LogP contribution in [0.3, 0.4) is 0 Å². The third kappa shape index (κ3) is 6.15. The Morgan fingerprint density at radius 3 is 2.77 bits per heavy atom. The highest BCUT2D eigenvalue weighted by molar-refractivity contribution is 5.97. The van der Waals surface area contributed by atoms with Gasteiger partial charge in [0.15, 0.2) is 11.5 Å². The molecule has 2 aromatic heterocycles. The molecule has 212 valence electrons. The van der Waals surface area contributed by atoms with Gasteiger partial charge >= 0.3 is 6.03 Å². The fourth-order valence-corrected chi connectivity index (χ4v) is 4.71. The summed E-state index contributed by atoms with van der Waals surface area (Å²) >= 11 is 0. The standard InChI is InChI=1S/C27H34N8O5/c1-3-28-27(37)31-21-8-5-18(17-30-21)25(36)33-26-32-22-19(24-29-9-11-35(24)26)6-7-20(23(22)38-2)40-14-4-10-34-12-15-39-16-13-34/h5-8,17,29H,3-4,9-16H2,1-2H3,(H2,28,30,31,37). The summed E-state index contributed by atoms with van der Waals surface area (Å²) in [4.78, 5) is 40.4. The lowest BCUT2D eigenvalue weighted by molar-refractivity contribution is 0.0357. The second kappa shape index (κ2) is 12.7. The molecule has 40 heavy (non-hydrogen) atoms. The molecule has 2 aliphatic rings. The molecule has 1 aromatic carbocycles. The number of anilines is 2. The molecule has 13 heteroatoms. The first-order valence-corrected chi connectivity index (χ1v) is 13.5. The summed E-state index contributed by atoms with van der Waals surface area (Å²) in [5.41, 5.74) is 1.08. The van der Waals surface area contributed by atoms with Gasteiger partial charge in [-0.1, -0.05) is 0 Å². The number of urea groups is 1. The van der Waals surface area contributed by atoms with E-state index in [9.17, 15) is 9.59 Å². The monoisotopic (exact) mass is 550 g/mol. The van der Waals surface area contributed by atoms with Crippen LogP contribution in [0.15, 0.2) is 35.5 Å². The van der Waals surface area contributed by atoms with Gasteiger partial charge in [-0.3, -0.25) is 19.6 Å². The minimum atomic E-state index is -0.500. The highest BCUT2D eigenvalue weighted by atomic mass is 16.5. The first kappa shape index (κ1) is 27.3. The van der Waals surface area contributed by atoms with E-state index in [1.54, 1.807) is 19.2 Å². The topological polar surface area (TPSA) is 144 Å². The maximum atomic E-state index is 13.1. The van der Waals surface area contributed by atoms with Crippen LogP contribution in [0.25, 0.3) is 10.9 Å². The van der Waals surface area contributed by atoms with Gasteiger partial charge in [-0.25, -0.2) is 14.8 Å². The highest BCUT2D eigenvalue weighted by Gasteiger charge is 2.21. The Balaban J connectivity index is 1.38. The van der Waals surface area contributed by atoms with Crippen LogP contribution in [-0.4, -0.2) is 91.0 Å². The molecule has 0 atom stereocenters. The Morgan fingerprint density at radius 1 is 1.18 bits per heavy atom. The van der Waals surface area contributed by atoms with Gasteiger partial charge in [0.1, 0.15) is 17.2 Å². The number of hydrogen-bond donors (Lipinski definition) is 3. The minimum absolute atomic E-state index is 0.254. The van der Waals surface area contributed by atoms with Gasteiger partial charge in [0.2, 0.25) is 5.62 Å². The molecule has 5 rings (SSSR count). The molecule has 0 aliphatic carbocycles. The lowest BCUT2D eigenvalue weighted by atomic mass is 10.2. The molecule has 1 saturated heterocycles. The number of methoxy groups -OCH3 is 1. The smallest absolute Gasteiger partial charge is 0.320 e. The number of carbonyl (C=O) groups excluding carboxylic acids is 2. The zero-order valence-corrected chi connectivity index (χ0v) is 22.7. The molecule has 1 fully saturated rings. The molecule has 0 bridgehead atoms. The van der Waals surface area contributed by atoms with Crippen molar-refractivity contribution in [2.24, 2.45) is 4.99 Å². The highest BCUT2D eigenvalue weighted by Crippen LogP contribution is 2.37. The van der Waals surface area contributed by atoms with E-state index in [0.717, 1.165) is 50.5 Å². The average molecular weight is 551 g/mol. The Morgan fingerprint density at radius 2 is 2.02 bits per heavy atom. The molecular formula is C27H34N8O5. The zero-order chi connectivity index (χ0) is 27.9. The molecular weight excluding hydrogens is 516 g/mol. The fourth-order valence-electron chi connectivity index (χ4n) is 4.71. The van der Waals surface area contributed by atoms with Gasteiger partial charge in [0.25, 0.3) is 5.91 Å². The van der Waals surface area contributed by atoms with Crippen molar-refractivity contribution in [3.05, 3.63) is 41.6 Å². The van der Waals surface area contributed by atoms with Gasteiger partial charge < -0.3 is 24.8 Å². The minimum Gasteiger partial charge on any atom is -0.491 e. The molecule has 2 aliphatic heterocycles. The van der Waals surface area contributed by atoms with E-state index in [1.165, 1.54) is 6.20 Å². The van der Waals surface area contributed by atoms with Crippen LogP contribution < -0.4 is 31.0 Å². The number of benzene rings is 1. The van der Waals surface area contributed by atoms with Crippen LogP contribution in [0.5, 0.6) is 11.5 Å². The predicted molar refractivity (Wildman–Crippen MR) is 149 cm³/mol. The van der Waals surface area contributed by atoms with E-state index in [1.807, 2.05) is 23.6 Å². The van der Waals surface area contributed by atoms with Gasteiger partial charge in [0.05, 0.1) is 32.5 Å². The van der Waals surface area contributed by atoms with Crippen molar-refractivity contribution in [3.8, 4) is 11.5 Å². The quantitative estimate of drug-likeness (QED) is 0.340. The normalized spacial score (nSPS) is 15.4. The van der Waals surface area contributed by atoms with Crippen molar-refractivity contribution in [1.82, 2.24) is 24.8 Å². The number of carbonyl (C=O) groups is 2. The van der Waals surface area contributed by atoms with Gasteiger partial charge in [-0.15, -0.1) is 0 Å². The summed E-state index contributed by atoms with van der Waals surface area (Å²) in [7, 11) is 1.58. The fraction of sp³-hybridized carbons (Fsp3) is 0.444. The number of rotatable bonds is 9. The first-order chi connectivity index (χ1) is 19.6. The Labute approximate surface area is 231 Å². The third-order valence-corrected chi connectivity index (χ3v) is 6.68. The molecule has 4 heterocycles. The molecule has 0 radical (unpaired) electrons. The first-order valence-electron chi connectivity index (χ1n) is 13.5. The number of hydrogen-bond acceptors (Lipinski definition) is 9. The van der Waals surface area contributed by atoms with Crippen molar-refractivity contribution in [2.45, 2.75) is 19.9 Å². The maximum Gasteiger partial charge on any atom is 0.320 e. The third-order valence-electron chi connectivity index (χ3n) is 6.68. The molecule has 3 amide bonds. The summed E-state index contributed by atoms with van der Waals surface area (Å²) in [6, 6.07) is 6.59. The lowest BCUT2D eigenvalue weighted by Gasteiger charge is -2.26. The summed E-state index contributed by atoms with van der Waals surface area (Å²) < 4.78 is 19.1. The van der Waals surface area contributed by atoms with Crippen molar-refractivity contribution in [2.75, 3.05) is 70.3 Å². The molecule has 13 nitrogen and oxygen atoms in total. The van der Waals surface area contributed by atoms with Crippen LogP contribution >= 0.6 is 0 Å². The lowest BCUT2D eigenvalue weighted by Crippen LogP contribution is -2.37. The molecule has 0 saturated carbocycles. The number of fused-ring (bicyclic) bond motifs is 3. The van der Waals surface area contributed by atoms with Crippen molar-refractivity contribution in [3.63, 3.8) is 0 Å². The van der Waals surface area contributed by atoms with E-state index in [0.29, 0.717) is 49.1 Å². The molecule has 0 spiro atoms. The summed E-state index contributed by atoms with van der Waals surface area (Å²) in [6.07, 6.45) is 2.25. The number of pyridine rings is 1. The number of aromatic nitrogens is 3. The Hall–Kier alpha value is -4.23. The SMILES string of the molecule is CCNC(=O)Nc1ccc(C(=O)N=c2nc3c(OC)c(OCCCN4CCOCC4)ccc3c3n2CCN3)cn1. The number of nitrogens with zero attached hydrogens (tertiary/aromatic N) is 5. The van der Waals surface area contributed by atoms with Gasteiger partial charge in [-0.05, 0) is 37.6 Å². The maximum absolute atomic E-state index is 13.1. The van der Waals surface area contributed by atoms with Crippen LogP contribution in [0, 0.1) is 0 Å². The van der Waals surface area contributed by atoms with Crippen molar-refractivity contribution < 1.29 is 23.8 Å². The number of amides is 3.